The number of allylic oxidation sites excluding steroid dienone is 1. The highest BCUT2D eigenvalue weighted by Crippen LogP contribution is 2.26. The average Bonchev–Trinajstić information content (AvgIpc) is 3.01. The van der Waals surface area contributed by atoms with E-state index in [4.69, 9.17) is 10.7 Å². The lowest BCUT2D eigenvalue weighted by molar-refractivity contribution is 0.501. The summed E-state index contributed by atoms with van der Waals surface area (Å²) in [4.78, 5) is 11.7. The topological polar surface area (TPSA) is 54.5 Å². The van der Waals surface area contributed by atoms with Gasteiger partial charge in [-0.2, -0.15) is 0 Å². The SMILES string of the molecule is NC1=CC(C2CCN(c3ccc4ccccc4n3)CC2)=NC1. The summed E-state index contributed by atoms with van der Waals surface area (Å²) in [5.74, 6) is 1.64. The zero-order valence-electron chi connectivity index (χ0n) is 12.6. The van der Waals surface area contributed by atoms with E-state index >= 15 is 0 Å². The Bertz CT molecular complexity index is 755. The van der Waals surface area contributed by atoms with Crippen molar-refractivity contribution in [1.82, 2.24) is 4.98 Å². The van der Waals surface area contributed by atoms with Gasteiger partial charge in [-0.15, -0.1) is 0 Å². The Morgan fingerprint density at radius 2 is 1.86 bits per heavy atom. The standard InChI is InChI=1S/C18H20N4/c19-15-11-17(20-12-15)14-7-9-22(10-8-14)18-6-5-13-3-1-2-4-16(13)21-18/h1-6,11,14H,7-10,12,19H2. The van der Waals surface area contributed by atoms with E-state index in [1.807, 2.05) is 6.07 Å². The number of aromatic nitrogens is 1. The number of benzene rings is 1. The van der Waals surface area contributed by atoms with Crippen molar-refractivity contribution in [1.29, 1.82) is 0 Å². The van der Waals surface area contributed by atoms with Gasteiger partial charge in [0.1, 0.15) is 5.82 Å². The summed E-state index contributed by atoms with van der Waals surface area (Å²) in [6.07, 6.45) is 4.31. The number of hydrogen-bond acceptors (Lipinski definition) is 4. The third-order valence-corrected chi connectivity index (χ3v) is 4.60. The summed E-state index contributed by atoms with van der Waals surface area (Å²) in [7, 11) is 0. The second-order valence-corrected chi connectivity index (χ2v) is 6.08. The Hall–Kier alpha value is -2.36. The van der Waals surface area contributed by atoms with Crippen molar-refractivity contribution in [2.45, 2.75) is 12.8 Å². The van der Waals surface area contributed by atoms with Gasteiger partial charge in [-0.05, 0) is 37.1 Å². The summed E-state index contributed by atoms with van der Waals surface area (Å²) in [6, 6.07) is 12.6. The van der Waals surface area contributed by atoms with Crippen molar-refractivity contribution in [3.63, 3.8) is 0 Å². The third kappa shape index (κ3) is 2.45. The summed E-state index contributed by atoms with van der Waals surface area (Å²) < 4.78 is 0. The molecule has 3 heterocycles. The molecule has 4 heteroatoms. The molecule has 2 aliphatic heterocycles. The number of piperidine rings is 1. The molecule has 0 spiro atoms. The first-order chi connectivity index (χ1) is 10.8. The number of rotatable bonds is 2. The molecule has 2 N–H and O–H groups in total. The fourth-order valence-corrected chi connectivity index (χ4v) is 3.35. The quantitative estimate of drug-likeness (QED) is 0.926. The number of hydrogen-bond donors (Lipinski definition) is 1. The van der Waals surface area contributed by atoms with Gasteiger partial charge in [-0.25, -0.2) is 4.98 Å². The smallest absolute Gasteiger partial charge is 0.129 e. The number of aliphatic imine (C=N–C) groups is 1. The molecule has 1 saturated heterocycles. The minimum Gasteiger partial charge on any atom is -0.400 e. The van der Waals surface area contributed by atoms with E-state index in [1.54, 1.807) is 0 Å². The van der Waals surface area contributed by atoms with E-state index in [-0.39, 0.29) is 0 Å². The molecule has 0 bridgehead atoms. The van der Waals surface area contributed by atoms with E-state index in [1.165, 1.54) is 11.1 Å². The first kappa shape index (κ1) is 13.3. The van der Waals surface area contributed by atoms with Crippen LogP contribution in [0, 0.1) is 5.92 Å². The van der Waals surface area contributed by atoms with E-state index in [0.717, 1.165) is 43.0 Å². The van der Waals surface area contributed by atoms with Crippen LogP contribution in [-0.2, 0) is 0 Å². The Kier molecular flexibility index (Phi) is 3.29. The van der Waals surface area contributed by atoms with E-state index in [2.05, 4.69) is 46.3 Å². The normalized spacial score (nSPS) is 19.4. The Morgan fingerprint density at radius 3 is 2.64 bits per heavy atom. The van der Waals surface area contributed by atoms with Gasteiger partial charge in [0.15, 0.2) is 0 Å². The lowest BCUT2D eigenvalue weighted by atomic mass is 9.92. The molecule has 112 valence electrons. The van der Waals surface area contributed by atoms with Crippen molar-refractivity contribution >= 4 is 22.4 Å². The molecular weight excluding hydrogens is 272 g/mol. The van der Waals surface area contributed by atoms with Gasteiger partial charge in [0.2, 0.25) is 0 Å². The highest BCUT2D eigenvalue weighted by molar-refractivity contribution is 5.99. The van der Waals surface area contributed by atoms with Crippen LogP contribution < -0.4 is 10.6 Å². The van der Waals surface area contributed by atoms with Crippen molar-refractivity contribution in [2.24, 2.45) is 16.6 Å². The largest absolute Gasteiger partial charge is 0.400 e. The van der Waals surface area contributed by atoms with Gasteiger partial charge >= 0.3 is 0 Å². The predicted octanol–water partition coefficient (Wildman–Crippen LogP) is 2.75. The molecule has 0 amide bonds. The molecule has 22 heavy (non-hydrogen) atoms. The van der Waals surface area contributed by atoms with Crippen LogP contribution in [0.2, 0.25) is 0 Å². The molecule has 4 nitrogen and oxygen atoms in total. The highest BCUT2D eigenvalue weighted by atomic mass is 15.2. The van der Waals surface area contributed by atoms with Crippen LogP contribution >= 0.6 is 0 Å². The molecule has 0 saturated carbocycles. The number of nitrogens with two attached hydrogens (primary N) is 1. The molecule has 0 atom stereocenters. The highest BCUT2D eigenvalue weighted by Gasteiger charge is 2.24. The maximum absolute atomic E-state index is 5.83. The van der Waals surface area contributed by atoms with Crippen molar-refractivity contribution in [3.8, 4) is 0 Å². The van der Waals surface area contributed by atoms with Crippen LogP contribution in [-0.4, -0.2) is 30.3 Å². The molecule has 1 fully saturated rings. The summed E-state index contributed by atoms with van der Waals surface area (Å²) in [5, 5.41) is 1.20. The number of para-hydroxylation sites is 1. The van der Waals surface area contributed by atoms with Gasteiger partial charge < -0.3 is 10.6 Å². The minimum absolute atomic E-state index is 0.553. The number of nitrogens with zero attached hydrogens (tertiary/aromatic N) is 3. The molecule has 2 aromatic rings. The zero-order chi connectivity index (χ0) is 14.9. The van der Waals surface area contributed by atoms with Crippen LogP contribution in [0.15, 0.2) is 53.2 Å². The molecule has 0 unspecified atom stereocenters. The molecule has 4 rings (SSSR count). The fraction of sp³-hybridized carbons (Fsp3) is 0.333. The lowest BCUT2D eigenvalue weighted by Gasteiger charge is -2.32. The van der Waals surface area contributed by atoms with Crippen LogP contribution in [0.25, 0.3) is 10.9 Å². The van der Waals surface area contributed by atoms with Crippen LogP contribution in [0.5, 0.6) is 0 Å². The number of anilines is 1. The van der Waals surface area contributed by atoms with Crippen LogP contribution in [0.1, 0.15) is 12.8 Å². The van der Waals surface area contributed by atoms with E-state index < -0.39 is 0 Å². The second-order valence-electron chi connectivity index (χ2n) is 6.08. The molecule has 2 aliphatic rings. The summed E-state index contributed by atoms with van der Waals surface area (Å²) in [5.41, 5.74) is 8.99. The van der Waals surface area contributed by atoms with E-state index in [0.29, 0.717) is 12.5 Å². The maximum atomic E-state index is 5.83. The molecule has 1 aromatic carbocycles. The van der Waals surface area contributed by atoms with Crippen LogP contribution in [0.4, 0.5) is 5.82 Å². The monoisotopic (exact) mass is 292 g/mol. The molecule has 1 aromatic heterocycles. The second kappa shape index (κ2) is 5.44. The summed E-state index contributed by atoms with van der Waals surface area (Å²) >= 11 is 0. The number of fused-ring (bicyclic) bond motifs is 1. The third-order valence-electron chi connectivity index (χ3n) is 4.60. The maximum Gasteiger partial charge on any atom is 0.129 e. The first-order valence-corrected chi connectivity index (χ1v) is 7.91. The van der Waals surface area contributed by atoms with Gasteiger partial charge in [0.05, 0.1) is 12.1 Å². The zero-order valence-corrected chi connectivity index (χ0v) is 12.6. The Morgan fingerprint density at radius 1 is 1.05 bits per heavy atom. The van der Waals surface area contributed by atoms with Crippen LogP contribution in [0.3, 0.4) is 0 Å². The van der Waals surface area contributed by atoms with Gasteiger partial charge in [0, 0.05) is 35.8 Å². The van der Waals surface area contributed by atoms with Gasteiger partial charge in [0.25, 0.3) is 0 Å². The Labute approximate surface area is 130 Å². The first-order valence-electron chi connectivity index (χ1n) is 7.91. The van der Waals surface area contributed by atoms with Crippen molar-refractivity contribution < 1.29 is 0 Å². The van der Waals surface area contributed by atoms with E-state index in [9.17, 15) is 0 Å². The number of pyridine rings is 1. The predicted molar refractivity (Wildman–Crippen MR) is 91.3 cm³/mol. The van der Waals surface area contributed by atoms with Crippen molar-refractivity contribution in [2.75, 3.05) is 24.5 Å². The molecular formula is C18H20N4. The van der Waals surface area contributed by atoms with Crippen molar-refractivity contribution in [3.05, 3.63) is 48.2 Å². The van der Waals surface area contributed by atoms with Gasteiger partial charge in [-0.1, -0.05) is 18.2 Å². The Balaban J connectivity index is 1.48. The van der Waals surface area contributed by atoms with Gasteiger partial charge in [-0.3, -0.25) is 4.99 Å². The summed E-state index contributed by atoms with van der Waals surface area (Å²) in [6.45, 7) is 2.74. The minimum atomic E-state index is 0.553. The average molecular weight is 292 g/mol. The molecule has 0 radical (unpaired) electrons. The fourth-order valence-electron chi connectivity index (χ4n) is 3.35. The molecule has 0 aliphatic carbocycles. The lowest BCUT2D eigenvalue weighted by Crippen LogP contribution is -2.36.